The number of ether oxygens (including phenoxy) is 1. The quantitative estimate of drug-likeness (QED) is 0.848. The molecule has 5 heteroatoms. The van der Waals surface area contributed by atoms with Gasteiger partial charge in [-0.25, -0.2) is 4.79 Å². The van der Waals surface area contributed by atoms with Crippen LogP contribution in [0.2, 0.25) is 5.02 Å². The predicted octanol–water partition coefficient (Wildman–Crippen LogP) is 4.52. The second-order valence-corrected chi connectivity index (χ2v) is 6.13. The van der Waals surface area contributed by atoms with Gasteiger partial charge in [-0.1, -0.05) is 17.7 Å². The van der Waals surface area contributed by atoms with Gasteiger partial charge in [0.05, 0.1) is 6.10 Å². The van der Waals surface area contributed by atoms with Crippen molar-refractivity contribution < 1.29 is 9.53 Å². The average Bonchev–Trinajstić information content (AvgIpc) is 2.74. The smallest absolute Gasteiger partial charge is 0.342 e. The summed E-state index contributed by atoms with van der Waals surface area (Å²) in [6.45, 7) is 5.55. The van der Waals surface area contributed by atoms with Gasteiger partial charge in [0.2, 0.25) is 0 Å². The lowest BCUT2D eigenvalue weighted by Crippen LogP contribution is -2.13. The van der Waals surface area contributed by atoms with Gasteiger partial charge in [-0.2, -0.15) is 0 Å². The minimum absolute atomic E-state index is 0.179. The Hall–Kier alpha value is -1.52. The molecule has 1 heterocycles. The van der Waals surface area contributed by atoms with E-state index in [1.165, 1.54) is 11.3 Å². The molecule has 0 radical (unpaired) electrons. The third-order valence-electron chi connectivity index (χ3n) is 2.84. The number of thiophene rings is 1. The molecular formula is C15H16ClNO2S. The second-order valence-electron chi connectivity index (χ2n) is 4.81. The molecule has 0 unspecified atom stereocenters. The second kappa shape index (κ2) is 5.85. The first-order chi connectivity index (χ1) is 9.40. The Morgan fingerprint density at radius 3 is 2.70 bits per heavy atom. The van der Waals surface area contributed by atoms with E-state index in [2.05, 4.69) is 0 Å². The molecule has 0 amide bonds. The summed E-state index contributed by atoms with van der Waals surface area (Å²) in [7, 11) is 0. The SMILES string of the molecule is Cc1cc(-c2csc(N)c2C(=O)OC(C)C)ccc1Cl. The minimum atomic E-state index is -0.388. The van der Waals surface area contributed by atoms with Crippen LogP contribution in [0.1, 0.15) is 29.8 Å². The van der Waals surface area contributed by atoms with Gasteiger partial charge in [0.25, 0.3) is 0 Å². The molecule has 1 aromatic carbocycles. The fourth-order valence-electron chi connectivity index (χ4n) is 1.88. The zero-order chi connectivity index (χ0) is 14.9. The molecule has 0 spiro atoms. The average molecular weight is 310 g/mol. The Bertz CT molecular complexity index is 649. The summed E-state index contributed by atoms with van der Waals surface area (Å²) in [5.74, 6) is -0.388. The third-order valence-corrected chi connectivity index (χ3v) is 4.07. The lowest BCUT2D eigenvalue weighted by Gasteiger charge is -2.10. The van der Waals surface area contributed by atoms with Crippen LogP contribution in [0, 0.1) is 6.92 Å². The van der Waals surface area contributed by atoms with E-state index in [0.717, 1.165) is 16.7 Å². The number of carbonyl (C=O) groups excluding carboxylic acids is 1. The number of aryl methyl sites for hydroxylation is 1. The van der Waals surface area contributed by atoms with E-state index < -0.39 is 0 Å². The number of benzene rings is 1. The highest BCUT2D eigenvalue weighted by Crippen LogP contribution is 2.35. The van der Waals surface area contributed by atoms with E-state index in [4.69, 9.17) is 22.1 Å². The maximum Gasteiger partial charge on any atom is 0.342 e. The van der Waals surface area contributed by atoms with Crippen molar-refractivity contribution in [1.82, 2.24) is 0 Å². The van der Waals surface area contributed by atoms with Crippen molar-refractivity contribution in [2.45, 2.75) is 26.9 Å². The van der Waals surface area contributed by atoms with E-state index in [1.54, 1.807) is 0 Å². The number of nitrogens with two attached hydrogens (primary N) is 1. The third kappa shape index (κ3) is 2.97. The monoisotopic (exact) mass is 309 g/mol. The van der Waals surface area contributed by atoms with Crippen LogP contribution in [-0.4, -0.2) is 12.1 Å². The van der Waals surface area contributed by atoms with Crippen molar-refractivity contribution in [1.29, 1.82) is 0 Å². The number of hydrogen-bond donors (Lipinski definition) is 1. The maximum absolute atomic E-state index is 12.2. The number of halogens is 1. The number of nitrogen functional groups attached to an aromatic ring is 1. The zero-order valence-corrected chi connectivity index (χ0v) is 13.1. The van der Waals surface area contributed by atoms with Gasteiger partial charge in [-0.05, 0) is 44.0 Å². The highest BCUT2D eigenvalue weighted by atomic mass is 35.5. The largest absolute Gasteiger partial charge is 0.459 e. The fourth-order valence-corrected chi connectivity index (χ4v) is 2.81. The number of anilines is 1. The van der Waals surface area contributed by atoms with Crippen LogP contribution in [0.15, 0.2) is 23.6 Å². The Kier molecular flexibility index (Phi) is 4.35. The summed E-state index contributed by atoms with van der Waals surface area (Å²) in [6.07, 6.45) is -0.179. The van der Waals surface area contributed by atoms with Gasteiger partial charge in [0.1, 0.15) is 10.6 Å². The summed E-state index contributed by atoms with van der Waals surface area (Å²) in [4.78, 5) is 12.2. The Balaban J connectivity index is 2.47. The molecule has 0 saturated carbocycles. The van der Waals surface area contributed by atoms with Crippen LogP contribution >= 0.6 is 22.9 Å². The van der Waals surface area contributed by atoms with Gasteiger partial charge >= 0.3 is 5.97 Å². The van der Waals surface area contributed by atoms with Crippen molar-refractivity contribution in [3.63, 3.8) is 0 Å². The normalized spacial score (nSPS) is 10.8. The van der Waals surface area contributed by atoms with Crippen molar-refractivity contribution in [3.8, 4) is 11.1 Å². The lowest BCUT2D eigenvalue weighted by molar-refractivity contribution is 0.0380. The van der Waals surface area contributed by atoms with Crippen molar-refractivity contribution in [3.05, 3.63) is 39.7 Å². The van der Waals surface area contributed by atoms with E-state index in [0.29, 0.717) is 15.6 Å². The molecule has 2 N–H and O–H groups in total. The van der Waals surface area contributed by atoms with Gasteiger partial charge in [-0.3, -0.25) is 0 Å². The van der Waals surface area contributed by atoms with Crippen LogP contribution in [-0.2, 0) is 4.74 Å². The molecule has 0 atom stereocenters. The molecule has 3 nitrogen and oxygen atoms in total. The molecule has 0 saturated heterocycles. The summed E-state index contributed by atoms with van der Waals surface area (Å²) in [5.41, 5.74) is 9.01. The van der Waals surface area contributed by atoms with Crippen LogP contribution in [0.3, 0.4) is 0 Å². The van der Waals surface area contributed by atoms with Crippen LogP contribution < -0.4 is 5.73 Å². The number of esters is 1. The van der Waals surface area contributed by atoms with E-state index >= 15 is 0 Å². The Morgan fingerprint density at radius 2 is 2.10 bits per heavy atom. The number of hydrogen-bond acceptors (Lipinski definition) is 4. The van der Waals surface area contributed by atoms with E-state index in [9.17, 15) is 4.79 Å². The van der Waals surface area contributed by atoms with Gasteiger partial charge in [-0.15, -0.1) is 11.3 Å². The molecule has 0 fully saturated rings. The zero-order valence-electron chi connectivity index (χ0n) is 11.6. The first-order valence-corrected chi connectivity index (χ1v) is 7.50. The minimum Gasteiger partial charge on any atom is -0.459 e. The molecule has 0 aliphatic carbocycles. The standard InChI is InChI=1S/C15H16ClNO2S/c1-8(2)19-15(18)13-11(7-20-14(13)17)10-4-5-12(16)9(3)6-10/h4-8H,17H2,1-3H3. The molecule has 2 aromatic rings. The topological polar surface area (TPSA) is 52.3 Å². The maximum atomic E-state index is 12.2. The Labute approximate surface area is 127 Å². The summed E-state index contributed by atoms with van der Waals surface area (Å²) in [6, 6.07) is 5.64. The first-order valence-electron chi connectivity index (χ1n) is 6.24. The van der Waals surface area contributed by atoms with Gasteiger partial charge in [0.15, 0.2) is 0 Å². The summed E-state index contributed by atoms with van der Waals surface area (Å²) >= 11 is 7.37. The molecule has 0 aliphatic rings. The van der Waals surface area contributed by atoms with Gasteiger partial charge < -0.3 is 10.5 Å². The predicted molar refractivity (Wildman–Crippen MR) is 84.5 cm³/mol. The summed E-state index contributed by atoms with van der Waals surface area (Å²) < 4.78 is 5.25. The Morgan fingerprint density at radius 1 is 1.40 bits per heavy atom. The highest BCUT2D eigenvalue weighted by molar-refractivity contribution is 7.14. The highest BCUT2D eigenvalue weighted by Gasteiger charge is 2.21. The van der Waals surface area contributed by atoms with Crippen LogP contribution in [0.25, 0.3) is 11.1 Å². The van der Waals surface area contributed by atoms with Crippen molar-refractivity contribution in [2.75, 3.05) is 5.73 Å². The summed E-state index contributed by atoms with van der Waals surface area (Å²) in [5, 5.41) is 3.04. The van der Waals surface area contributed by atoms with E-state index in [-0.39, 0.29) is 12.1 Å². The molecule has 20 heavy (non-hydrogen) atoms. The molecule has 0 bridgehead atoms. The number of carbonyl (C=O) groups is 1. The molecule has 1 aromatic heterocycles. The van der Waals surface area contributed by atoms with Gasteiger partial charge in [0, 0.05) is 16.0 Å². The van der Waals surface area contributed by atoms with E-state index in [1.807, 2.05) is 44.4 Å². The van der Waals surface area contributed by atoms with Crippen molar-refractivity contribution >= 4 is 33.9 Å². The molecule has 0 aliphatic heterocycles. The lowest BCUT2D eigenvalue weighted by atomic mass is 10.0. The number of rotatable bonds is 3. The molecule has 2 rings (SSSR count). The fraction of sp³-hybridized carbons (Fsp3) is 0.267. The molecule has 106 valence electrons. The first kappa shape index (κ1) is 14.9. The van der Waals surface area contributed by atoms with Crippen LogP contribution in [0.5, 0.6) is 0 Å². The molecular weight excluding hydrogens is 294 g/mol. The van der Waals surface area contributed by atoms with Crippen molar-refractivity contribution in [2.24, 2.45) is 0 Å². The van der Waals surface area contributed by atoms with Crippen LogP contribution in [0.4, 0.5) is 5.00 Å².